The Kier molecular flexibility index (Phi) is 5.73. The molecule has 1 heterocycles. The molecule has 0 amide bonds. The van der Waals surface area contributed by atoms with Crippen LogP contribution in [0.3, 0.4) is 0 Å². The zero-order valence-electron chi connectivity index (χ0n) is 12.6. The molecule has 1 aliphatic heterocycles. The average molecular weight is 342 g/mol. The fourth-order valence-electron chi connectivity index (χ4n) is 2.97. The second-order valence-corrected chi connectivity index (χ2v) is 6.06. The molecule has 4 heteroatoms. The number of methoxy groups -OCH3 is 2. The summed E-state index contributed by atoms with van der Waals surface area (Å²) in [5, 5.41) is 3.62. The van der Waals surface area contributed by atoms with Crippen LogP contribution in [0.15, 0.2) is 10.5 Å². The van der Waals surface area contributed by atoms with Gasteiger partial charge in [0.25, 0.3) is 0 Å². The van der Waals surface area contributed by atoms with Crippen molar-refractivity contribution in [3.63, 3.8) is 0 Å². The predicted octanol–water partition coefficient (Wildman–Crippen LogP) is 3.71. The summed E-state index contributed by atoms with van der Waals surface area (Å²) >= 11 is 3.68. The third kappa shape index (κ3) is 3.29. The van der Waals surface area contributed by atoms with Crippen molar-refractivity contribution in [2.75, 3.05) is 20.8 Å². The highest BCUT2D eigenvalue weighted by atomic mass is 79.9. The first kappa shape index (κ1) is 15.6. The van der Waals surface area contributed by atoms with Gasteiger partial charge in [0, 0.05) is 6.04 Å². The summed E-state index contributed by atoms with van der Waals surface area (Å²) in [5.41, 5.74) is 2.69. The largest absolute Gasteiger partial charge is 0.493 e. The molecule has 1 aliphatic rings. The van der Waals surface area contributed by atoms with Crippen molar-refractivity contribution in [2.24, 2.45) is 0 Å². The van der Waals surface area contributed by atoms with Crippen LogP contribution in [-0.2, 0) is 12.8 Å². The number of benzene rings is 1. The van der Waals surface area contributed by atoms with Crippen molar-refractivity contribution in [1.82, 2.24) is 5.32 Å². The average Bonchev–Trinajstić information content (AvgIpc) is 2.48. The molecular formula is C16H24BrNO2. The van der Waals surface area contributed by atoms with Gasteiger partial charge >= 0.3 is 0 Å². The molecule has 2 rings (SSSR count). The Balaban J connectivity index is 2.32. The van der Waals surface area contributed by atoms with Gasteiger partial charge in [-0.25, -0.2) is 0 Å². The van der Waals surface area contributed by atoms with E-state index in [1.165, 1.54) is 30.4 Å². The first-order valence-corrected chi connectivity index (χ1v) is 8.16. The molecular weight excluding hydrogens is 318 g/mol. The van der Waals surface area contributed by atoms with E-state index in [1.807, 2.05) is 0 Å². The van der Waals surface area contributed by atoms with Gasteiger partial charge in [-0.3, -0.25) is 0 Å². The zero-order valence-corrected chi connectivity index (χ0v) is 14.2. The number of ether oxygens (including phenoxy) is 2. The van der Waals surface area contributed by atoms with Gasteiger partial charge < -0.3 is 14.8 Å². The van der Waals surface area contributed by atoms with Crippen molar-refractivity contribution in [1.29, 1.82) is 0 Å². The van der Waals surface area contributed by atoms with E-state index in [-0.39, 0.29) is 0 Å². The van der Waals surface area contributed by atoms with Gasteiger partial charge in [0.2, 0.25) is 0 Å². The molecule has 1 aromatic carbocycles. The van der Waals surface area contributed by atoms with Crippen LogP contribution < -0.4 is 14.8 Å². The van der Waals surface area contributed by atoms with Gasteiger partial charge in [-0.05, 0) is 65.4 Å². The topological polar surface area (TPSA) is 30.5 Å². The minimum absolute atomic E-state index is 0.582. The summed E-state index contributed by atoms with van der Waals surface area (Å²) in [4.78, 5) is 0. The highest BCUT2D eigenvalue weighted by Gasteiger charge is 2.20. The molecule has 0 aromatic heterocycles. The Morgan fingerprint density at radius 2 is 2.10 bits per heavy atom. The van der Waals surface area contributed by atoms with Crippen molar-refractivity contribution in [2.45, 2.75) is 45.1 Å². The molecule has 0 radical (unpaired) electrons. The minimum atomic E-state index is 0.582. The highest BCUT2D eigenvalue weighted by Crippen LogP contribution is 2.40. The van der Waals surface area contributed by atoms with Gasteiger partial charge in [0.05, 0.1) is 18.7 Å². The molecule has 0 spiro atoms. The Bertz CT molecular complexity index is 456. The van der Waals surface area contributed by atoms with Gasteiger partial charge in [-0.2, -0.15) is 0 Å². The quantitative estimate of drug-likeness (QED) is 0.885. The summed E-state index contributed by atoms with van der Waals surface area (Å²) in [6.07, 6.45) is 5.93. The maximum absolute atomic E-state index is 5.47. The molecule has 1 saturated heterocycles. The molecule has 1 fully saturated rings. The van der Waals surface area contributed by atoms with Gasteiger partial charge in [-0.1, -0.05) is 13.3 Å². The lowest BCUT2D eigenvalue weighted by molar-refractivity contribution is 0.351. The van der Waals surface area contributed by atoms with E-state index in [4.69, 9.17) is 9.47 Å². The van der Waals surface area contributed by atoms with Crippen LogP contribution >= 0.6 is 15.9 Å². The second kappa shape index (κ2) is 7.32. The van der Waals surface area contributed by atoms with Crippen LogP contribution in [0, 0.1) is 0 Å². The van der Waals surface area contributed by atoms with E-state index in [9.17, 15) is 0 Å². The van der Waals surface area contributed by atoms with Crippen molar-refractivity contribution in [3.8, 4) is 11.5 Å². The fraction of sp³-hybridized carbons (Fsp3) is 0.625. The van der Waals surface area contributed by atoms with Crippen molar-refractivity contribution >= 4 is 15.9 Å². The van der Waals surface area contributed by atoms with Crippen molar-refractivity contribution < 1.29 is 9.47 Å². The molecule has 1 unspecified atom stereocenters. The normalized spacial score (nSPS) is 18.9. The van der Waals surface area contributed by atoms with E-state index in [1.54, 1.807) is 14.2 Å². The first-order chi connectivity index (χ1) is 9.71. The summed E-state index contributed by atoms with van der Waals surface area (Å²) in [6, 6.07) is 2.72. The fourth-order valence-corrected chi connectivity index (χ4v) is 3.86. The smallest absolute Gasteiger partial charge is 0.175 e. The second-order valence-electron chi connectivity index (χ2n) is 5.27. The van der Waals surface area contributed by atoms with Gasteiger partial charge in [0.15, 0.2) is 11.5 Å². The van der Waals surface area contributed by atoms with E-state index in [0.29, 0.717) is 6.04 Å². The van der Waals surface area contributed by atoms with Gasteiger partial charge in [-0.15, -0.1) is 0 Å². The zero-order chi connectivity index (χ0) is 14.5. The number of rotatable bonds is 5. The Hall–Kier alpha value is -0.740. The van der Waals surface area contributed by atoms with Crippen LogP contribution in [-0.4, -0.2) is 26.8 Å². The molecule has 1 N–H and O–H groups in total. The number of hydrogen-bond acceptors (Lipinski definition) is 3. The minimum Gasteiger partial charge on any atom is -0.493 e. The SMILES string of the molecule is CCc1c(CC2CCCCN2)cc(OC)c(OC)c1Br. The summed E-state index contributed by atoms with van der Waals surface area (Å²) in [7, 11) is 3.38. The number of nitrogens with one attached hydrogen (secondary N) is 1. The Morgan fingerprint density at radius 3 is 2.65 bits per heavy atom. The maximum Gasteiger partial charge on any atom is 0.175 e. The van der Waals surface area contributed by atoms with Crippen LogP contribution in [0.1, 0.15) is 37.3 Å². The highest BCUT2D eigenvalue weighted by molar-refractivity contribution is 9.10. The van der Waals surface area contributed by atoms with E-state index in [0.717, 1.165) is 35.4 Å². The molecule has 3 nitrogen and oxygen atoms in total. The molecule has 1 aromatic rings. The number of hydrogen-bond donors (Lipinski definition) is 1. The Morgan fingerprint density at radius 1 is 1.30 bits per heavy atom. The monoisotopic (exact) mass is 341 g/mol. The summed E-state index contributed by atoms with van der Waals surface area (Å²) in [5.74, 6) is 1.60. The summed E-state index contributed by atoms with van der Waals surface area (Å²) < 4.78 is 12.0. The molecule has 0 bridgehead atoms. The van der Waals surface area contributed by atoms with E-state index >= 15 is 0 Å². The molecule has 0 saturated carbocycles. The third-order valence-electron chi connectivity index (χ3n) is 4.04. The number of piperidine rings is 1. The molecule has 20 heavy (non-hydrogen) atoms. The van der Waals surface area contributed by atoms with E-state index < -0.39 is 0 Å². The van der Waals surface area contributed by atoms with Crippen LogP contribution in [0.4, 0.5) is 0 Å². The lowest BCUT2D eigenvalue weighted by Crippen LogP contribution is -2.35. The third-order valence-corrected chi connectivity index (χ3v) is 4.88. The van der Waals surface area contributed by atoms with Gasteiger partial charge in [0.1, 0.15) is 0 Å². The molecule has 0 aliphatic carbocycles. The summed E-state index contributed by atoms with van der Waals surface area (Å²) in [6.45, 7) is 3.32. The number of halogens is 1. The Labute approximate surface area is 130 Å². The van der Waals surface area contributed by atoms with Crippen LogP contribution in [0.5, 0.6) is 11.5 Å². The molecule has 112 valence electrons. The standard InChI is InChI=1S/C16H24BrNO2/c1-4-13-11(9-12-7-5-6-8-18-12)10-14(19-2)16(20-3)15(13)17/h10,12,18H,4-9H2,1-3H3. The van der Waals surface area contributed by atoms with Crippen LogP contribution in [0.25, 0.3) is 0 Å². The lowest BCUT2D eigenvalue weighted by atomic mass is 9.93. The van der Waals surface area contributed by atoms with E-state index in [2.05, 4.69) is 34.2 Å². The molecule has 1 atom stereocenters. The lowest BCUT2D eigenvalue weighted by Gasteiger charge is -2.25. The van der Waals surface area contributed by atoms with Crippen molar-refractivity contribution in [3.05, 3.63) is 21.7 Å². The maximum atomic E-state index is 5.47. The van der Waals surface area contributed by atoms with Crippen LogP contribution in [0.2, 0.25) is 0 Å². The predicted molar refractivity (Wildman–Crippen MR) is 86.0 cm³/mol. The first-order valence-electron chi connectivity index (χ1n) is 7.36.